The third-order valence-corrected chi connectivity index (χ3v) is 9.88. The summed E-state index contributed by atoms with van der Waals surface area (Å²) in [5.41, 5.74) is 0.994. The summed E-state index contributed by atoms with van der Waals surface area (Å²) < 4.78 is 17.9. The van der Waals surface area contributed by atoms with Crippen molar-refractivity contribution >= 4 is 17.3 Å². The number of carbonyl (C=O) groups excluding carboxylic acids is 3. The summed E-state index contributed by atoms with van der Waals surface area (Å²) in [7, 11) is 2.94. The predicted molar refractivity (Wildman–Crippen MR) is 209 cm³/mol. The van der Waals surface area contributed by atoms with Crippen molar-refractivity contribution in [2.24, 2.45) is 5.92 Å². The maximum absolute atomic E-state index is 14.3. The van der Waals surface area contributed by atoms with Crippen LogP contribution in [0.3, 0.4) is 0 Å². The molecule has 5 aromatic carbocycles. The van der Waals surface area contributed by atoms with Crippen molar-refractivity contribution < 1.29 is 28.6 Å². The van der Waals surface area contributed by atoms with Gasteiger partial charge in [-0.3, -0.25) is 14.4 Å². The van der Waals surface area contributed by atoms with Crippen molar-refractivity contribution in [3.63, 3.8) is 0 Å². The molecule has 1 aliphatic carbocycles. The maximum atomic E-state index is 14.3. The molecule has 6 heteroatoms. The molecule has 1 aliphatic rings. The fraction of sp³-hybridized carbons (Fsp3) is 0.298. The monoisotopic (exact) mass is 710 g/mol. The van der Waals surface area contributed by atoms with E-state index >= 15 is 0 Å². The molecule has 0 aliphatic heterocycles. The summed E-state index contributed by atoms with van der Waals surface area (Å²) in [6.45, 7) is 4.21. The summed E-state index contributed by atoms with van der Waals surface area (Å²) in [5, 5.41) is 0. The van der Waals surface area contributed by atoms with E-state index in [4.69, 9.17) is 14.2 Å². The second-order valence-corrected chi connectivity index (χ2v) is 13.9. The molecular weight excluding hydrogens is 661 g/mol. The quantitative estimate of drug-likeness (QED) is 0.0843. The van der Waals surface area contributed by atoms with Gasteiger partial charge in [-0.1, -0.05) is 185 Å². The Hall–Kier alpha value is -5.01. The second-order valence-electron chi connectivity index (χ2n) is 13.9. The number of methoxy groups -OCH3 is 2. The van der Waals surface area contributed by atoms with Crippen LogP contribution >= 0.6 is 0 Å². The molecule has 0 N–H and O–H groups in total. The lowest BCUT2D eigenvalue weighted by Crippen LogP contribution is -2.53. The van der Waals surface area contributed by atoms with Crippen LogP contribution in [-0.2, 0) is 25.6 Å². The number of ether oxygens (including phenoxy) is 3. The van der Waals surface area contributed by atoms with Crippen LogP contribution in [0.15, 0.2) is 152 Å². The van der Waals surface area contributed by atoms with Crippen molar-refractivity contribution in [3.8, 4) is 0 Å². The van der Waals surface area contributed by atoms with Gasteiger partial charge in [0.15, 0.2) is 17.2 Å². The highest BCUT2D eigenvalue weighted by Crippen LogP contribution is 2.45. The zero-order chi connectivity index (χ0) is 37.7. The van der Waals surface area contributed by atoms with Crippen molar-refractivity contribution in [2.45, 2.75) is 69.4 Å². The van der Waals surface area contributed by atoms with Crippen molar-refractivity contribution in [1.82, 2.24) is 0 Å². The number of hydrogen-bond donors (Lipinski definition) is 0. The Kier molecular flexibility index (Phi) is 13.4. The highest BCUT2D eigenvalue weighted by atomic mass is 16.7. The molecule has 1 saturated carbocycles. The molecule has 0 radical (unpaired) electrons. The maximum Gasteiger partial charge on any atom is 0.260 e. The number of Topliss-reactive ketones (excluding diaryl/α,β-unsaturated/α-hetero) is 3. The Morgan fingerprint density at radius 1 is 0.547 bits per heavy atom. The Morgan fingerprint density at radius 3 is 1.38 bits per heavy atom. The topological polar surface area (TPSA) is 78.9 Å². The largest absolute Gasteiger partial charge is 0.347 e. The minimum Gasteiger partial charge on any atom is -0.347 e. The van der Waals surface area contributed by atoms with Crippen LogP contribution in [0.25, 0.3) is 0 Å². The summed E-state index contributed by atoms with van der Waals surface area (Å²) in [5.74, 6) is -1.54. The molecular formula is C47H50O6. The average molecular weight is 711 g/mol. The van der Waals surface area contributed by atoms with Crippen LogP contribution in [0.5, 0.6) is 0 Å². The molecule has 0 bridgehead atoms. The SMILES string of the molecule is CC(C)CC(OC1(C(=O)c2ccccc2)CCCCC1)(C(=O)c1ccccc1)c1ccccc1.COC(OC)(C(=O)c1ccccc1)c1ccccc1. The molecule has 1 fully saturated rings. The Morgan fingerprint density at radius 2 is 0.943 bits per heavy atom. The Balaban J connectivity index is 0.000000241. The summed E-state index contributed by atoms with van der Waals surface area (Å²) in [6.07, 6.45) is 4.62. The highest BCUT2D eigenvalue weighted by Gasteiger charge is 2.52. The van der Waals surface area contributed by atoms with Gasteiger partial charge in [-0.2, -0.15) is 0 Å². The highest BCUT2D eigenvalue weighted by molar-refractivity contribution is 6.05. The molecule has 6 rings (SSSR count). The van der Waals surface area contributed by atoms with E-state index in [9.17, 15) is 14.4 Å². The Labute approximate surface area is 314 Å². The number of hydrogen-bond acceptors (Lipinski definition) is 6. The first-order chi connectivity index (χ1) is 25.7. The third kappa shape index (κ3) is 8.80. The fourth-order valence-electron chi connectivity index (χ4n) is 7.35. The standard InChI is InChI=1S/C31H34O3.C16H16O3/c1-24(2)23-31(27-19-11-5-12-20-27,29(33)26-17-9-4-10-18-26)34-30(21-13-6-14-22-30)28(32)25-15-7-3-8-16-25;1-18-16(19-2,14-11-7-4-8-12-14)15(17)13-9-5-3-6-10-13/h3-5,7-12,15-20,24H,6,13-14,21-23H2,1-2H3;3-12H,1-2H3. The van der Waals surface area contributed by atoms with E-state index in [1.165, 1.54) is 14.2 Å². The van der Waals surface area contributed by atoms with E-state index in [-0.39, 0.29) is 23.3 Å². The average Bonchev–Trinajstić information content (AvgIpc) is 3.22. The summed E-state index contributed by atoms with van der Waals surface area (Å²) >= 11 is 0. The van der Waals surface area contributed by atoms with Gasteiger partial charge < -0.3 is 14.2 Å². The van der Waals surface area contributed by atoms with Crippen molar-refractivity contribution in [1.29, 1.82) is 0 Å². The number of ketones is 3. The molecule has 0 aromatic heterocycles. The molecule has 274 valence electrons. The first-order valence-electron chi connectivity index (χ1n) is 18.4. The van der Waals surface area contributed by atoms with E-state index in [0.717, 1.165) is 24.8 Å². The van der Waals surface area contributed by atoms with Gasteiger partial charge in [-0.05, 0) is 30.7 Å². The fourth-order valence-corrected chi connectivity index (χ4v) is 7.35. The zero-order valence-electron chi connectivity index (χ0n) is 31.2. The molecule has 1 atom stereocenters. The van der Waals surface area contributed by atoms with Gasteiger partial charge in [0.2, 0.25) is 5.78 Å². The molecule has 1 unspecified atom stereocenters. The molecule has 53 heavy (non-hydrogen) atoms. The zero-order valence-corrected chi connectivity index (χ0v) is 31.2. The second kappa shape index (κ2) is 18.2. The first kappa shape index (κ1) is 39.2. The van der Waals surface area contributed by atoms with Crippen LogP contribution in [0.1, 0.15) is 94.6 Å². The lowest BCUT2D eigenvalue weighted by atomic mass is 9.75. The minimum atomic E-state index is -1.40. The van der Waals surface area contributed by atoms with Crippen molar-refractivity contribution in [2.75, 3.05) is 14.2 Å². The van der Waals surface area contributed by atoms with Gasteiger partial charge in [0.25, 0.3) is 5.79 Å². The first-order valence-corrected chi connectivity index (χ1v) is 18.4. The van der Waals surface area contributed by atoms with Crippen LogP contribution in [0.2, 0.25) is 0 Å². The van der Waals surface area contributed by atoms with Gasteiger partial charge in [-0.25, -0.2) is 0 Å². The number of carbonyl (C=O) groups is 3. The molecule has 0 saturated heterocycles. The van der Waals surface area contributed by atoms with E-state index in [2.05, 4.69) is 13.8 Å². The van der Waals surface area contributed by atoms with Gasteiger partial charge in [0.1, 0.15) is 5.60 Å². The molecule has 0 heterocycles. The van der Waals surface area contributed by atoms with Gasteiger partial charge in [0.05, 0.1) is 0 Å². The van der Waals surface area contributed by atoms with Crippen LogP contribution in [0.4, 0.5) is 0 Å². The number of benzene rings is 5. The molecule has 5 aromatic rings. The van der Waals surface area contributed by atoms with Crippen LogP contribution < -0.4 is 0 Å². The smallest absolute Gasteiger partial charge is 0.260 e. The van der Waals surface area contributed by atoms with E-state index in [1.807, 2.05) is 140 Å². The lowest BCUT2D eigenvalue weighted by Gasteiger charge is -2.45. The minimum absolute atomic E-state index is 0.0160. The Bertz CT molecular complexity index is 1880. The summed E-state index contributed by atoms with van der Waals surface area (Å²) in [4.78, 5) is 41.1. The van der Waals surface area contributed by atoms with E-state index in [0.29, 0.717) is 41.5 Å². The third-order valence-electron chi connectivity index (χ3n) is 9.88. The van der Waals surface area contributed by atoms with Gasteiger partial charge in [0, 0.05) is 36.5 Å². The summed E-state index contributed by atoms with van der Waals surface area (Å²) in [6, 6.07) is 46.7. The van der Waals surface area contributed by atoms with E-state index < -0.39 is 17.0 Å². The van der Waals surface area contributed by atoms with Crippen LogP contribution in [-0.4, -0.2) is 37.2 Å². The molecule has 6 nitrogen and oxygen atoms in total. The number of rotatable bonds is 14. The van der Waals surface area contributed by atoms with E-state index in [1.54, 1.807) is 12.1 Å². The molecule has 0 spiro atoms. The normalized spacial score (nSPS) is 15.0. The van der Waals surface area contributed by atoms with Gasteiger partial charge in [-0.15, -0.1) is 0 Å². The lowest BCUT2D eigenvalue weighted by molar-refractivity contribution is -0.176. The van der Waals surface area contributed by atoms with Crippen LogP contribution in [0, 0.1) is 5.92 Å². The van der Waals surface area contributed by atoms with Gasteiger partial charge >= 0.3 is 0 Å². The van der Waals surface area contributed by atoms with Crippen molar-refractivity contribution in [3.05, 3.63) is 179 Å². The predicted octanol–water partition coefficient (Wildman–Crippen LogP) is 10.4. The molecule has 0 amide bonds.